The number of halogens is 2. The van der Waals surface area contributed by atoms with Crippen molar-refractivity contribution in [3.8, 4) is 0 Å². The van der Waals surface area contributed by atoms with Gasteiger partial charge in [0.25, 0.3) is 17.6 Å². The number of fused-ring (bicyclic) bond motifs is 1. The number of likely N-dealkylation sites (tertiary alicyclic amines) is 1. The van der Waals surface area contributed by atoms with Crippen molar-refractivity contribution < 1.29 is 18.8 Å². The standard InChI is InChI=1S/C27H29ClFN3O3/c1-4-30(2)27(35)25(33)22-16-31(3)24-15-23(28)21(14-20(22)24)26(34)32-11-9-18(10-12-32)13-17-5-7-19(29)8-6-17/h5-8,14-16,18H,4,9-13H2,1-3H3. The van der Waals surface area contributed by atoms with Gasteiger partial charge in [0.15, 0.2) is 0 Å². The largest absolute Gasteiger partial charge is 0.350 e. The van der Waals surface area contributed by atoms with Crippen LogP contribution in [-0.4, -0.2) is 58.6 Å². The van der Waals surface area contributed by atoms with E-state index in [-0.39, 0.29) is 17.3 Å². The molecule has 0 unspecified atom stereocenters. The van der Waals surface area contributed by atoms with Crippen LogP contribution in [0, 0.1) is 11.7 Å². The highest BCUT2D eigenvalue weighted by molar-refractivity contribution is 6.45. The number of carbonyl (C=O) groups excluding carboxylic acids is 3. The van der Waals surface area contributed by atoms with Crippen LogP contribution >= 0.6 is 11.6 Å². The zero-order valence-corrected chi connectivity index (χ0v) is 20.9. The van der Waals surface area contributed by atoms with Crippen LogP contribution in [0.4, 0.5) is 4.39 Å². The number of rotatable bonds is 6. The van der Waals surface area contributed by atoms with Crippen LogP contribution in [0.3, 0.4) is 0 Å². The molecule has 2 aromatic carbocycles. The third kappa shape index (κ3) is 5.10. The van der Waals surface area contributed by atoms with Gasteiger partial charge in [0.2, 0.25) is 0 Å². The third-order valence-corrected chi connectivity index (χ3v) is 7.22. The van der Waals surface area contributed by atoms with E-state index in [2.05, 4.69) is 0 Å². The van der Waals surface area contributed by atoms with Crippen molar-refractivity contribution in [2.75, 3.05) is 26.7 Å². The fraction of sp³-hybridized carbons (Fsp3) is 0.370. The Balaban J connectivity index is 1.53. The molecule has 2 heterocycles. The van der Waals surface area contributed by atoms with Crippen molar-refractivity contribution in [2.24, 2.45) is 13.0 Å². The lowest BCUT2D eigenvalue weighted by molar-refractivity contribution is -0.125. The molecule has 1 aliphatic rings. The summed E-state index contributed by atoms with van der Waals surface area (Å²) >= 11 is 6.51. The Bertz CT molecular complexity index is 1280. The molecule has 0 aliphatic carbocycles. The summed E-state index contributed by atoms with van der Waals surface area (Å²) in [6.45, 7) is 3.41. The molecule has 1 fully saturated rings. The molecule has 0 saturated carbocycles. The third-order valence-electron chi connectivity index (χ3n) is 6.91. The molecule has 35 heavy (non-hydrogen) atoms. The second-order valence-corrected chi connectivity index (χ2v) is 9.62. The van der Waals surface area contributed by atoms with Gasteiger partial charge in [-0.05, 0) is 61.9 Å². The van der Waals surface area contributed by atoms with Gasteiger partial charge in [-0.3, -0.25) is 14.4 Å². The van der Waals surface area contributed by atoms with Crippen LogP contribution in [0.2, 0.25) is 5.02 Å². The molecular formula is C27H29ClFN3O3. The minimum absolute atomic E-state index is 0.184. The molecule has 1 aromatic heterocycles. The molecule has 0 atom stereocenters. The van der Waals surface area contributed by atoms with Crippen molar-refractivity contribution in [3.05, 3.63) is 70.1 Å². The quantitative estimate of drug-likeness (QED) is 0.365. The monoisotopic (exact) mass is 497 g/mol. The van der Waals surface area contributed by atoms with Crippen LogP contribution < -0.4 is 0 Å². The first-order valence-electron chi connectivity index (χ1n) is 11.8. The van der Waals surface area contributed by atoms with Gasteiger partial charge in [-0.1, -0.05) is 23.7 Å². The molecule has 0 N–H and O–H groups in total. The number of nitrogens with zero attached hydrogens (tertiary/aromatic N) is 3. The van der Waals surface area contributed by atoms with Crippen LogP contribution in [0.15, 0.2) is 42.6 Å². The number of aryl methyl sites for hydroxylation is 1. The first kappa shape index (κ1) is 24.9. The van der Waals surface area contributed by atoms with E-state index in [4.69, 9.17) is 11.6 Å². The molecule has 2 amide bonds. The normalized spacial score (nSPS) is 14.4. The van der Waals surface area contributed by atoms with E-state index in [1.807, 2.05) is 12.1 Å². The first-order valence-corrected chi connectivity index (χ1v) is 12.2. The topological polar surface area (TPSA) is 62.6 Å². The number of benzene rings is 2. The highest BCUT2D eigenvalue weighted by atomic mass is 35.5. The lowest BCUT2D eigenvalue weighted by Crippen LogP contribution is -2.39. The average molecular weight is 498 g/mol. The van der Waals surface area contributed by atoms with E-state index >= 15 is 0 Å². The van der Waals surface area contributed by atoms with Crippen molar-refractivity contribution in [2.45, 2.75) is 26.2 Å². The summed E-state index contributed by atoms with van der Waals surface area (Å²) in [6, 6.07) is 9.88. The molecule has 184 valence electrons. The number of ketones is 1. The van der Waals surface area contributed by atoms with E-state index < -0.39 is 11.7 Å². The summed E-state index contributed by atoms with van der Waals surface area (Å²) in [5.74, 6) is -1.21. The smallest absolute Gasteiger partial charge is 0.294 e. The predicted octanol–water partition coefficient (Wildman–Crippen LogP) is 4.73. The van der Waals surface area contributed by atoms with Gasteiger partial charge in [0, 0.05) is 45.3 Å². The highest BCUT2D eigenvalue weighted by Gasteiger charge is 2.28. The summed E-state index contributed by atoms with van der Waals surface area (Å²) in [7, 11) is 3.35. The van der Waals surface area contributed by atoms with Crippen molar-refractivity contribution in [3.63, 3.8) is 0 Å². The lowest BCUT2D eigenvalue weighted by atomic mass is 9.90. The number of hydrogen-bond acceptors (Lipinski definition) is 3. The van der Waals surface area contributed by atoms with Crippen molar-refractivity contribution >= 4 is 40.1 Å². The van der Waals surface area contributed by atoms with E-state index in [0.717, 1.165) is 24.8 Å². The molecule has 0 spiro atoms. The molecule has 4 rings (SSSR count). The van der Waals surface area contributed by atoms with E-state index in [9.17, 15) is 18.8 Å². The second kappa shape index (κ2) is 10.2. The number of hydrogen-bond donors (Lipinski definition) is 0. The number of piperidine rings is 1. The molecule has 8 heteroatoms. The molecule has 6 nitrogen and oxygen atoms in total. The Labute approximate surface area is 209 Å². The maximum Gasteiger partial charge on any atom is 0.294 e. The zero-order chi connectivity index (χ0) is 25.3. The van der Waals surface area contributed by atoms with Gasteiger partial charge >= 0.3 is 0 Å². The molecular weight excluding hydrogens is 469 g/mol. The lowest BCUT2D eigenvalue weighted by Gasteiger charge is -2.32. The first-order chi connectivity index (χ1) is 16.7. The number of aromatic nitrogens is 1. The van der Waals surface area contributed by atoms with Gasteiger partial charge in [0.05, 0.1) is 21.7 Å². The summed E-state index contributed by atoms with van der Waals surface area (Å²) in [6.07, 6.45) is 4.15. The molecule has 3 aromatic rings. The fourth-order valence-electron chi connectivity index (χ4n) is 4.64. The second-order valence-electron chi connectivity index (χ2n) is 9.22. The average Bonchev–Trinajstić information content (AvgIpc) is 3.18. The van der Waals surface area contributed by atoms with E-state index in [0.29, 0.717) is 47.0 Å². The maximum absolute atomic E-state index is 13.4. The Kier molecular flexibility index (Phi) is 7.26. The van der Waals surface area contributed by atoms with Crippen LogP contribution in [0.25, 0.3) is 10.9 Å². The predicted molar refractivity (Wildman–Crippen MR) is 134 cm³/mol. The summed E-state index contributed by atoms with van der Waals surface area (Å²) < 4.78 is 14.9. The van der Waals surface area contributed by atoms with Crippen LogP contribution in [0.5, 0.6) is 0 Å². The van der Waals surface area contributed by atoms with Gasteiger partial charge in [0.1, 0.15) is 5.82 Å². The van der Waals surface area contributed by atoms with Gasteiger partial charge in [-0.2, -0.15) is 0 Å². The van der Waals surface area contributed by atoms with E-state index in [1.54, 1.807) is 48.8 Å². The molecule has 0 radical (unpaired) electrons. The number of carbonyl (C=O) groups is 3. The van der Waals surface area contributed by atoms with Crippen LogP contribution in [0.1, 0.15) is 46.0 Å². The summed E-state index contributed by atoms with van der Waals surface area (Å²) in [5.41, 5.74) is 2.36. The molecule has 0 bridgehead atoms. The Morgan fingerprint density at radius 3 is 2.37 bits per heavy atom. The van der Waals surface area contributed by atoms with Gasteiger partial charge < -0.3 is 14.4 Å². The Morgan fingerprint density at radius 2 is 1.74 bits per heavy atom. The Hall–Kier alpha value is -3.19. The SMILES string of the molecule is CCN(C)C(=O)C(=O)c1cn(C)c2cc(Cl)c(C(=O)N3CCC(Cc4ccc(F)cc4)CC3)cc12. The summed E-state index contributed by atoms with van der Waals surface area (Å²) in [4.78, 5) is 41.9. The minimum Gasteiger partial charge on any atom is -0.350 e. The minimum atomic E-state index is -0.609. The molecule has 1 saturated heterocycles. The van der Waals surface area contributed by atoms with Crippen molar-refractivity contribution in [1.82, 2.24) is 14.4 Å². The number of amides is 2. The highest BCUT2D eigenvalue weighted by Crippen LogP contribution is 2.31. The Morgan fingerprint density at radius 1 is 1.09 bits per heavy atom. The zero-order valence-electron chi connectivity index (χ0n) is 20.2. The summed E-state index contributed by atoms with van der Waals surface area (Å²) in [5, 5.41) is 0.849. The van der Waals surface area contributed by atoms with E-state index in [1.165, 1.54) is 17.0 Å². The number of Topliss-reactive ketones (excluding diaryl/α,β-unsaturated/α-hetero) is 1. The van der Waals surface area contributed by atoms with Gasteiger partial charge in [-0.15, -0.1) is 0 Å². The van der Waals surface area contributed by atoms with Gasteiger partial charge in [-0.25, -0.2) is 4.39 Å². The maximum atomic E-state index is 13.4. The van der Waals surface area contributed by atoms with Crippen LogP contribution in [-0.2, 0) is 18.3 Å². The number of likely N-dealkylation sites (N-methyl/N-ethyl adjacent to an activating group) is 1. The fourth-order valence-corrected chi connectivity index (χ4v) is 4.88. The molecule has 1 aliphatic heterocycles. The van der Waals surface area contributed by atoms with Crippen molar-refractivity contribution in [1.29, 1.82) is 0 Å².